The highest BCUT2D eigenvalue weighted by atomic mass is 32.2. The molecule has 0 aromatic heterocycles. The van der Waals surface area contributed by atoms with E-state index >= 15 is 0 Å². The van der Waals surface area contributed by atoms with E-state index < -0.39 is 5.60 Å². The van der Waals surface area contributed by atoms with Gasteiger partial charge in [0.05, 0.1) is 5.60 Å². The van der Waals surface area contributed by atoms with Crippen molar-refractivity contribution in [3.8, 4) is 0 Å². The number of thioether (sulfide) groups is 1. The summed E-state index contributed by atoms with van der Waals surface area (Å²) in [6.45, 7) is 7.52. The van der Waals surface area contributed by atoms with Gasteiger partial charge in [-0.25, -0.2) is 0 Å². The molecule has 0 aliphatic carbocycles. The van der Waals surface area contributed by atoms with E-state index in [2.05, 4.69) is 11.8 Å². The average molecular weight is 217 g/mol. The Morgan fingerprint density at radius 1 is 1.36 bits per heavy atom. The van der Waals surface area contributed by atoms with Gasteiger partial charge in [0.2, 0.25) is 0 Å². The quantitative estimate of drug-likeness (QED) is 0.712. The van der Waals surface area contributed by atoms with Gasteiger partial charge in [0.25, 0.3) is 0 Å². The van der Waals surface area contributed by atoms with Gasteiger partial charge in [0.1, 0.15) is 0 Å². The normalized spacial score (nSPS) is 22.5. The van der Waals surface area contributed by atoms with Crippen molar-refractivity contribution >= 4 is 11.8 Å². The summed E-state index contributed by atoms with van der Waals surface area (Å²) in [5, 5.41) is 9.77. The van der Waals surface area contributed by atoms with Crippen molar-refractivity contribution in [1.29, 1.82) is 0 Å². The number of hydrogen-bond acceptors (Lipinski definition) is 3. The molecule has 2 nitrogen and oxygen atoms in total. The fraction of sp³-hybridized carbons (Fsp3) is 1.00. The second-order valence-corrected chi connectivity index (χ2v) is 5.78. The van der Waals surface area contributed by atoms with Crippen molar-refractivity contribution in [3.05, 3.63) is 0 Å². The van der Waals surface area contributed by atoms with Crippen molar-refractivity contribution < 1.29 is 5.11 Å². The second-order valence-electron chi connectivity index (χ2n) is 4.39. The third-order valence-electron chi connectivity index (χ3n) is 2.90. The van der Waals surface area contributed by atoms with Crippen molar-refractivity contribution in [3.63, 3.8) is 0 Å². The highest BCUT2D eigenvalue weighted by Crippen LogP contribution is 2.21. The minimum absolute atomic E-state index is 0.394. The van der Waals surface area contributed by atoms with Gasteiger partial charge in [0.15, 0.2) is 0 Å². The van der Waals surface area contributed by atoms with Gasteiger partial charge in [-0.1, -0.05) is 6.92 Å². The van der Waals surface area contributed by atoms with E-state index in [0.29, 0.717) is 0 Å². The zero-order chi connectivity index (χ0) is 10.4. The van der Waals surface area contributed by atoms with Crippen molar-refractivity contribution in [1.82, 2.24) is 4.90 Å². The molecule has 0 amide bonds. The first kappa shape index (κ1) is 12.3. The number of piperidine rings is 1. The summed E-state index contributed by atoms with van der Waals surface area (Å²) in [6, 6.07) is 0. The maximum atomic E-state index is 9.77. The Balaban J connectivity index is 2.04. The van der Waals surface area contributed by atoms with Crippen LogP contribution in [0.15, 0.2) is 0 Å². The monoisotopic (exact) mass is 217 g/mol. The van der Waals surface area contributed by atoms with Crippen LogP contribution in [0.25, 0.3) is 0 Å². The van der Waals surface area contributed by atoms with E-state index in [1.165, 1.54) is 24.5 Å². The lowest BCUT2D eigenvalue weighted by Crippen LogP contribution is -2.42. The third-order valence-corrected chi connectivity index (χ3v) is 3.89. The van der Waals surface area contributed by atoms with Crippen LogP contribution in [0, 0.1) is 0 Å². The van der Waals surface area contributed by atoms with Crippen LogP contribution in [-0.4, -0.2) is 46.7 Å². The fourth-order valence-electron chi connectivity index (χ4n) is 1.79. The molecule has 1 heterocycles. The van der Waals surface area contributed by atoms with Gasteiger partial charge >= 0.3 is 0 Å². The lowest BCUT2D eigenvalue weighted by molar-refractivity contribution is -0.00508. The van der Waals surface area contributed by atoms with E-state index in [4.69, 9.17) is 0 Å². The van der Waals surface area contributed by atoms with Crippen LogP contribution in [0.5, 0.6) is 0 Å². The fourth-order valence-corrected chi connectivity index (χ4v) is 2.41. The first-order chi connectivity index (χ1) is 6.64. The lowest BCUT2D eigenvalue weighted by Gasteiger charge is -2.35. The Morgan fingerprint density at radius 3 is 2.57 bits per heavy atom. The maximum absolute atomic E-state index is 9.77. The van der Waals surface area contributed by atoms with E-state index in [-0.39, 0.29) is 0 Å². The molecule has 0 spiro atoms. The maximum Gasteiger partial charge on any atom is 0.0644 e. The summed E-state index contributed by atoms with van der Waals surface area (Å²) in [5.74, 6) is 2.51. The van der Waals surface area contributed by atoms with E-state index in [1.807, 2.05) is 18.7 Å². The minimum atomic E-state index is -0.394. The first-order valence-electron chi connectivity index (χ1n) is 5.66. The molecule has 0 saturated carbocycles. The summed E-state index contributed by atoms with van der Waals surface area (Å²) in [6.07, 6.45) is 3.17. The average Bonchev–Trinajstić information content (AvgIpc) is 2.15. The van der Waals surface area contributed by atoms with Gasteiger partial charge in [-0.05, 0) is 44.2 Å². The molecular weight excluding hydrogens is 194 g/mol. The minimum Gasteiger partial charge on any atom is -0.390 e. The van der Waals surface area contributed by atoms with Crippen LogP contribution in [0.3, 0.4) is 0 Å². The Hall–Kier alpha value is 0.270. The predicted molar refractivity (Wildman–Crippen MR) is 63.9 cm³/mol. The highest BCUT2D eigenvalue weighted by Gasteiger charge is 2.26. The molecule has 0 atom stereocenters. The number of hydrogen-bond donors (Lipinski definition) is 1. The van der Waals surface area contributed by atoms with Crippen LogP contribution in [0.2, 0.25) is 0 Å². The SMILES string of the molecule is CCSCCCN1CCC(C)(O)CC1. The van der Waals surface area contributed by atoms with Crippen molar-refractivity contribution in [2.45, 2.75) is 38.7 Å². The molecule has 0 radical (unpaired) electrons. The molecule has 0 unspecified atom stereocenters. The third kappa shape index (κ3) is 4.67. The number of rotatable bonds is 5. The smallest absolute Gasteiger partial charge is 0.0644 e. The number of likely N-dealkylation sites (tertiary alicyclic amines) is 1. The summed E-state index contributed by atoms with van der Waals surface area (Å²) >= 11 is 2.02. The van der Waals surface area contributed by atoms with E-state index in [9.17, 15) is 5.11 Å². The molecule has 1 N–H and O–H groups in total. The molecule has 0 aromatic rings. The zero-order valence-corrected chi connectivity index (χ0v) is 10.3. The van der Waals surface area contributed by atoms with Crippen LogP contribution < -0.4 is 0 Å². The van der Waals surface area contributed by atoms with Gasteiger partial charge in [-0.2, -0.15) is 11.8 Å². The molecule has 1 fully saturated rings. The van der Waals surface area contributed by atoms with Gasteiger partial charge in [-0.15, -0.1) is 0 Å². The molecular formula is C11H23NOS. The number of nitrogens with zero attached hydrogens (tertiary/aromatic N) is 1. The molecule has 1 aliphatic heterocycles. The van der Waals surface area contributed by atoms with Gasteiger partial charge < -0.3 is 10.0 Å². The summed E-state index contributed by atoms with van der Waals surface area (Å²) in [5.41, 5.74) is -0.394. The predicted octanol–water partition coefficient (Wildman–Crippen LogP) is 1.98. The van der Waals surface area contributed by atoms with Gasteiger partial charge in [-0.3, -0.25) is 0 Å². The Kier molecular flexibility index (Phi) is 5.28. The molecule has 0 bridgehead atoms. The highest BCUT2D eigenvalue weighted by molar-refractivity contribution is 7.99. The van der Waals surface area contributed by atoms with Crippen molar-refractivity contribution in [2.24, 2.45) is 0 Å². The Bertz CT molecular complexity index is 151. The van der Waals surface area contributed by atoms with Crippen LogP contribution >= 0.6 is 11.8 Å². The van der Waals surface area contributed by atoms with Crippen LogP contribution in [-0.2, 0) is 0 Å². The zero-order valence-electron chi connectivity index (χ0n) is 9.46. The van der Waals surface area contributed by atoms with Crippen molar-refractivity contribution in [2.75, 3.05) is 31.1 Å². The summed E-state index contributed by atoms with van der Waals surface area (Å²) < 4.78 is 0. The lowest BCUT2D eigenvalue weighted by atomic mass is 9.94. The Labute approximate surface area is 92.1 Å². The largest absolute Gasteiger partial charge is 0.390 e. The molecule has 1 rings (SSSR count). The summed E-state index contributed by atoms with van der Waals surface area (Å²) in [4.78, 5) is 2.48. The van der Waals surface area contributed by atoms with Crippen LogP contribution in [0.1, 0.15) is 33.1 Å². The topological polar surface area (TPSA) is 23.5 Å². The first-order valence-corrected chi connectivity index (χ1v) is 6.82. The van der Waals surface area contributed by atoms with E-state index in [1.54, 1.807) is 0 Å². The standard InChI is InChI=1S/C11H23NOS/c1-3-14-10-4-7-12-8-5-11(2,13)6-9-12/h13H,3-10H2,1-2H3. The molecule has 1 saturated heterocycles. The summed E-state index contributed by atoms with van der Waals surface area (Å²) in [7, 11) is 0. The van der Waals surface area contributed by atoms with Gasteiger partial charge in [0, 0.05) is 13.1 Å². The molecule has 3 heteroatoms. The number of aliphatic hydroxyl groups is 1. The van der Waals surface area contributed by atoms with E-state index in [0.717, 1.165) is 25.9 Å². The molecule has 0 aromatic carbocycles. The molecule has 1 aliphatic rings. The molecule has 14 heavy (non-hydrogen) atoms. The van der Waals surface area contributed by atoms with Crippen LogP contribution in [0.4, 0.5) is 0 Å². The Morgan fingerprint density at radius 2 is 2.00 bits per heavy atom. The molecule has 84 valence electrons. The second kappa shape index (κ2) is 5.99.